The van der Waals surface area contributed by atoms with Crippen molar-refractivity contribution in [1.82, 2.24) is 0 Å². The second-order valence-electron chi connectivity index (χ2n) is 1.38. The molecule has 0 aromatic heterocycles. The first-order valence-corrected chi connectivity index (χ1v) is 1.75. The maximum atomic E-state index is 7.58. The molecule has 0 aromatic carbocycles. The van der Waals surface area contributed by atoms with Gasteiger partial charge in [0.05, 0.1) is 0 Å². The smallest absolute Gasteiger partial charge is 0.0269 e. The molecule has 0 aliphatic rings. The van der Waals surface area contributed by atoms with Crippen molar-refractivity contribution in [3.05, 3.63) is 0 Å². The van der Waals surface area contributed by atoms with Gasteiger partial charge >= 0.3 is 0 Å². The standard InChI is InChI=1S/C7H16/c1-5-7(3,4)6-2/h5-6H2,1-4H3/i1D3,2D3,3D3,5D2,6D2. The molecule has 7 heavy (non-hydrogen) atoms. The summed E-state index contributed by atoms with van der Waals surface area (Å²) in [5.74, 6) is 0. The molecule has 0 aliphatic heterocycles. The lowest BCUT2D eigenvalue weighted by molar-refractivity contribution is 0.338. The van der Waals surface area contributed by atoms with Gasteiger partial charge in [-0.05, 0) is 5.41 Å². The predicted octanol–water partition coefficient (Wildman–Crippen LogP) is 2.83. The SMILES string of the molecule is [2H]C([2H])([2H])C([2H])([2H])C(C)(C([2H])([2H])[2H])C([2H])([2H])C([2H])([2H])[2H]. The van der Waals surface area contributed by atoms with E-state index in [0.29, 0.717) is 6.92 Å². The lowest BCUT2D eigenvalue weighted by Crippen LogP contribution is -2.05. The minimum absolute atomic E-state index is 0.499. The third-order valence-electron chi connectivity index (χ3n) is 0.500. The average Bonchev–Trinajstić information content (AvgIpc) is 2.10. The zero-order valence-corrected chi connectivity index (χ0v) is 4.00. The van der Waals surface area contributed by atoms with Crippen LogP contribution >= 0.6 is 0 Å². The Morgan fingerprint density at radius 2 is 2.14 bits per heavy atom. The molecule has 0 unspecified atom stereocenters. The van der Waals surface area contributed by atoms with Crippen molar-refractivity contribution >= 4 is 0 Å². The summed E-state index contributed by atoms with van der Waals surface area (Å²) in [6.07, 6.45) is -7.16. The first-order valence-electron chi connectivity index (χ1n) is 8.25. The predicted molar refractivity (Wildman–Crippen MR) is 34.4 cm³/mol. The first-order chi connectivity index (χ1) is 8.25. The Morgan fingerprint density at radius 3 is 2.43 bits per heavy atom. The summed E-state index contributed by atoms with van der Waals surface area (Å²) in [7, 11) is 0. The summed E-state index contributed by atoms with van der Waals surface area (Å²) in [6, 6.07) is 0. The molecule has 0 saturated carbocycles. The Labute approximate surface area is 65.2 Å². The van der Waals surface area contributed by atoms with Crippen LogP contribution in [-0.2, 0) is 0 Å². The second-order valence-corrected chi connectivity index (χ2v) is 1.38. The van der Waals surface area contributed by atoms with Gasteiger partial charge in [0.25, 0.3) is 0 Å². The first kappa shape index (κ1) is 0.698. The third kappa shape index (κ3) is 2.67. The number of hydrogen-bond acceptors (Lipinski definition) is 0. The highest BCUT2D eigenvalue weighted by Crippen LogP contribution is 2.22. The van der Waals surface area contributed by atoms with E-state index in [0.717, 1.165) is 0 Å². The molecule has 0 heterocycles. The van der Waals surface area contributed by atoms with Gasteiger partial charge in [0.1, 0.15) is 0 Å². The normalized spacial score (nSPS) is 49.0. The number of rotatable bonds is 2. The highest BCUT2D eigenvalue weighted by molar-refractivity contribution is 4.61. The van der Waals surface area contributed by atoms with Crippen molar-refractivity contribution in [3.63, 3.8) is 0 Å². The van der Waals surface area contributed by atoms with Crippen molar-refractivity contribution in [2.24, 2.45) is 5.41 Å². The molecule has 0 bridgehead atoms. The molecular weight excluding hydrogens is 84.1 g/mol. The van der Waals surface area contributed by atoms with Crippen LogP contribution in [0.3, 0.4) is 0 Å². The highest BCUT2D eigenvalue weighted by Gasteiger charge is 2.09. The molecule has 0 spiro atoms. The molecule has 0 aliphatic carbocycles. The minimum atomic E-state index is -3.58. The molecule has 0 fully saturated rings. The topological polar surface area (TPSA) is 0 Å². The summed E-state index contributed by atoms with van der Waals surface area (Å²) >= 11 is 0. The van der Waals surface area contributed by atoms with Crippen LogP contribution in [0, 0.1) is 5.41 Å². The van der Waals surface area contributed by atoms with Crippen LogP contribution in [0.5, 0.6) is 0 Å². The maximum Gasteiger partial charge on any atom is 0.0269 e. The fourth-order valence-corrected chi connectivity index (χ4v) is 0.0312. The Morgan fingerprint density at radius 1 is 1.57 bits per heavy atom. The molecule has 0 amide bonds. The van der Waals surface area contributed by atoms with E-state index >= 15 is 0 Å². The van der Waals surface area contributed by atoms with E-state index in [2.05, 4.69) is 0 Å². The average molecular weight is 113 g/mol. The van der Waals surface area contributed by atoms with E-state index in [1.807, 2.05) is 0 Å². The van der Waals surface area contributed by atoms with Crippen LogP contribution < -0.4 is 0 Å². The Bertz CT molecular complexity index is 326. The van der Waals surface area contributed by atoms with Gasteiger partial charge in [0.2, 0.25) is 0 Å². The molecule has 0 atom stereocenters. The molecular formula is C7H16. The molecule has 0 rings (SSSR count). The van der Waals surface area contributed by atoms with Crippen molar-refractivity contribution < 1.29 is 17.8 Å². The van der Waals surface area contributed by atoms with E-state index in [1.165, 1.54) is 0 Å². The highest BCUT2D eigenvalue weighted by atomic mass is 14.1. The van der Waals surface area contributed by atoms with E-state index in [9.17, 15) is 0 Å². The van der Waals surface area contributed by atoms with Gasteiger partial charge in [0.15, 0.2) is 0 Å². The summed E-state index contributed by atoms with van der Waals surface area (Å²) < 4.78 is 94.9. The largest absolute Gasteiger partial charge is 0.0649 e. The fourth-order valence-electron chi connectivity index (χ4n) is 0.0312. The summed E-state index contributed by atoms with van der Waals surface area (Å²) in [6.45, 7) is -10.00. The zero-order valence-electron chi connectivity index (χ0n) is 17.0. The van der Waals surface area contributed by atoms with Crippen LogP contribution in [0.4, 0.5) is 0 Å². The molecule has 0 nitrogen and oxygen atoms in total. The Kier molecular flexibility index (Phi) is 0.234. The Balaban J connectivity index is 6.50. The maximum absolute atomic E-state index is 7.58. The monoisotopic (exact) mass is 113 g/mol. The van der Waals surface area contributed by atoms with Crippen LogP contribution in [0.25, 0.3) is 0 Å². The van der Waals surface area contributed by atoms with Gasteiger partial charge < -0.3 is 0 Å². The van der Waals surface area contributed by atoms with E-state index in [4.69, 9.17) is 17.8 Å². The van der Waals surface area contributed by atoms with Gasteiger partial charge in [-0.15, -0.1) is 0 Å². The van der Waals surface area contributed by atoms with Gasteiger partial charge in [-0.25, -0.2) is 0 Å². The van der Waals surface area contributed by atoms with Crippen molar-refractivity contribution in [2.75, 3.05) is 0 Å². The Hall–Kier alpha value is 0. The van der Waals surface area contributed by atoms with Crippen LogP contribution in [-0.4, -0.2) is 0 Å². The fraction of sp³-hybridized carbons (Fsp3) is 1.00. The van der Waals surface area contributed by atoms with Crippen LogP contribution in [0.2, 0.25) is 0 Å². The molecule has 0 aromatic rings. The summed E-state index contributed by atoms with van der Waals surface area (Å²) in [5, 5.41) is 0. The van der Waals surface area contributed by atoms with Crippen molar-refractivity contribution in [2.45, 2.75) is 40.2 Å². The molecule has 0 radical (unpaired) electrons. The van der Waals surface area contributed by atoms with Crippen molar-refractivity contribution in [1.29, 1.82) is 0 Å². The van der Waals surface area contributed by atoms with Gasteiger partial charge in [-0.1, -0.05) is 40.2 Å². The van der Waals surface area contributed by atoms with Crippen LogP contribution in [0.15, 0.2) is 0 Å². The van der Waals surface area contributed by atoms with Gasteiger partial charge in [-0.2, -0.15) is 0 Å². The lowest BCUT2D eigenvalue weighted by atomic mass is 9.88. The zero-order chi connectivity index (χ0) is 17.0. The van der Waals surface area contributed by atoms with Crippen molar-refractivity contribution in [3.8, 4) is 0 Å². The van der Waals surface area contributed by atoms with Gasteiger partial charge in [-0.3, -0.25) is 0 Å². The molecule has 0 N–H and O–H groups in total. The summed E-state index contributed by atoms with van der Waals surface area (Å²) in [5.41, 5.74) is -3.26. The van der Waals surface area contributed by atoms with E-state index < -0.39 is 38.7 Å². The van der Waals surface area contributed by atoms with Crippen LogP contribution in [0.1, 0.15) is 58.0 Å². The lowest BCUT2D eigenvalue weighted by Gasteiger charge is -2.18. The second kappa shape index (κ2) is 2.34. The minimum Gasteiger partial charge on any atom is -0.0649 e. The molecule has 0 heteroatoms. The van der Waals surface area contributed by atoms with E-state index in [-0.39, 0.29) is 0 Å². The molecule has 0 saturated heterocycles. The third-order valence-corrected chi connectivity index (χ3v) is 0.500. The summed E-state index contributed by atoms with van der Waals surface area (Å²) in [4.78, 5) is 0. The number of hydrogen-bond donors (Lipinski definition) is 0. The quantitative estimate of drug-likeness (QED) is 0.516. The van der Waals surface area contributed by atoms with Gasteiger partial charge in [0, 0.05) is 17.8 Å². The van der Waals surface area contributed by atoms with E-state index in [1.54, 1.807) is 0 Å². The molecule has 44 valence electrons.